The highest BCUT2D eigenvalue weighted by Gasteiger charge is 2.78. The summed E-state index contributed by atoms with van der Waals surface area (Å²) in [5.74, 6) is -9.84. The molecule has 0 radical (unpaired) electrons. The zero-order valence-corrected chi connectivity index (χ0v) is 21.1. The molecule has 0 aromatic heterocycles. The molecule has 2 N–H and O–H groups in total. The Morgan fingerprint density at radius 3 is 1.29 bits per heavy atom. The highest BCUT2D eigenvalue weighted by atomic mass is 19.4. The molecule has 5 nitrogen and oxygen atoms in total. The Labute approximate surface area is 221 Å². The third-order valence-corrected chi connectivity index (χ3v) is 7.42. The SMILES string of the molecule is CCC(CC(C)OC)(C(=O)OC1CC(C(O)(C(F)(F)F)C(F)(F)F)CC(C(O)(C(F)(F)F)C(F)(F)F)C1)C(F)(F)F. The number of aliphatic hydroxyl groups is 2. The Morgan fingerprint density at radius 2 is 1.05 bits per heavy atom. The predicted molar refractivity (Wildman–Crippen MR) is 105 cm³/mol. The zero-order chi connectivity index (χ0) is 32.8. The third kappa shape index (κ3) is 6.62. The van der Waals surface area contributed by atoms with Crippen LogP contribution in [0.1, 0.15) is 46.0 Å². The second-order valence-corrected chi connectivity index (χ2v) is 9.84. The Bertz CT molecular complexity index is 831. The first-order chi connectivity index (χ1) is 18.0. The molecule has 1 saturated carbocycles. The molecular formula is C21H25F15O5. The average molecular weight is 642 g/mol. The van der Waals surface area contributed by atoms with Crippen molar-refractivity contribution in [3.8, 4) is 0 Å². The van der Waals surface area contributed by atoms with Gasteiger partial charge in [0, 0.05) is 18.9 Å². The quantitative estimate of drug-likeness (QED) is 0.237. The highest BCUT2D eigenvalue weighted by molar-refractivity contribution is 5.78. The maximum atomic E-state index is 14.0. The van der Waals surface area contributed by atoms with Crippen molar-refractivity contribution >= 4 is 5.97 Å². The Hall–Kier alpha value is -1.70. The van der Waals surface area contributed by atoms with Gasteiger partial charge in [0.15, 0.2) is 5.41 Å². The number of ether oxygens (including phenoxy) is 2. The number of carbonyl (C=O) groups excluding carboxylic acids is 1. The van der Waals surface area contributed by atoms with Crippen molar-refractivity contribution < 1.29 is 90.3 Å². The molecule has 41 heavy (non-hydrogen) atoms. The number of rotatable bonds is 8. The van der Waals surface area contributed by atoms with E-state index in [1.165, 1.54) is 0 Å². The molecule has 244 valence electrons. The number of esters is 1. The van der Waals surface area contributed by atoms with Crippen LogP contribution in [0.5, 0.6) is 0 Å². The summed E-state index contributed by atoms with van der Waals surface area (Å²) in [6.07, 6.45) is -45.9. The average Bonchev–Trinajstić information content (AvgIpc) is 2.76. The van der Waals surface area contributed by atoms with Crippen LogP contribution in [-0.4, -0.2) is 77.6 Å². The highest BCUT2D eigenvalue weighted by Crippen LogP contribution is 2.58. The molecule has 1 aliphatic carbocycles. The maximum Gasteiger partial charge on any atom is 0.426 e. The van der Waals surface area contributed by atoms with Crippen LogP contribution in [0.25, 0.3) is 0 Å². The van der Waals surface area contributed by atoms with Gasteiger partial charge in [0.05, 0.1) is 6.10 Å². The molecule has 1 aliphatic rings. The molecule has 0 bridgehead atoms. The summed E-state index contributed by atoms with van der Waals surface area (Å²) in [4.78, 5) is 12.8. The third-order valence-electron chi connectivity index (χ3n) is 7.42. The molecule has 0 aromatic rings. The van der Waals surface area contributed by atoms with Gasteiger partial charge >= 0.3 is 36.9 Å². The summed E-state index contributed by atoms with van der Waals surface area (Å²) in [7, 11) is 0.896. The van der Waals surface area contributed by atoms with E-state index in [9.17, 15) is 80.9 Å². The van der Waals surface area contributed by atoms with Gasteiger partial charge in [0.2, 0.25) is 0 Å². The largest absolute Gasteiger partial charge is 0.462 e. The van der Waals surface area contributed by atoms with Gasteiger partial charge in [-0.15, -0.1) is 0 Å². The monoisotopic (exact) mass is 642 g/mol. The lowest BCUT2D eigenvalue weighted by molar-refractivity contribution is -0.405. The van der Waals surface area contributed by atoms with E-state index in [0.29, 0.717) is 0 Å². The molecule has 1 fully saturated rings. The van der Waals surface area contributed by atoms with Crippen molar-refractivity contribution in [3.05, 3.63) is 0 Å². The molecule has 4 atom stereocenters. The molecule has 0 aliphatic heterocycles. The van der Waals surface area contributed by atoms with Crippen LogP contribution in [0.2, 0.25) is 0 Å². The van der Waals surface area contributed by atoms with Crippen molar-refractivity contribution in [1.29, 1.82) is 0 Å². The molecule has 1 rings (SSSR count). The summed E-state index contributed by atoms with van der Waals surface area (Å²) in [6.45, 7) is 1.76. The van der Waals surface area contributed by atoms with Crippen molar-refractivity contribution in [2.45, 2.75) is 100 Å². The molecule has 20 heteroatoms. The number of hydrogen-bond acceptors (Lipinski definition) is 5. The van der Waals surface area contributed by atoms with Gasteiger partial charge in [-0.25, -0.2) is 0 Å². The minimum atomic E-state index is -6.80. The lowest BCUT2D eigenvalue weighted by Crippen LogP contribution is -2.67. The Morgan fingerprint density at radius 1 is 0.707 bits per heavy atom. The van der Waals surface area contributed by atoms with Crippen LogP contribution in [-0.2, 0) is 14.3 Å². The van der Waals surface area contributed by atoms with E-state index in [4.69, 9.17) is 0 Å². The lowest BCUT2D eigenvalue weighted by atomic mass is 9.65. The van der Waals surface area contributed by atoms with Crippen molar-refractivity contribution in [2.75, 3.05) is 7.11 Å². The van der Waals surface area contributed by atoms with E-state index >= 15 is 0 Å². The summed E-state index contributed by atoms with van der Waals surface area (Å²) in [5.41, 5.74) is -15.6. The lowest BCUT2D eigenvalue weighted by Gasteiger charge is -2.48. The van der Waals surface area contributed by atoms with Gasteiger partial charge in [0.25, 0.3) is 11.2 Å². The maximum absolute atomic E-state index is 14.0. The first-order valence-electron chi connectivity index (χ1n) is 11.5. The fourth-order valence-electron chi connectivity index (χ4n) is 4.93. The topological polar surface area (TPSA) is 76.0 Å². The number of carbonyl (C=O) groups is 1. The summed E-state index contributed by atoms with van der Waals surface area (Å²) in [5, 5.41) is 19.4. The molecule has 0 heterocycles. The molecule has 4 unspecified atom stereocenters. The molecule has 0 amide bonds. The number of hydrogen-bond donors (Lipinski definition) is 2. The molecule has 0 spiro atoms. The van der Waals surface area contributed by atoms with E-state index in [1.807, 2.05) is 0 Å². The van der Waals surface area contributed by atoms with Crippen molar-refractivity contribution in [1.82, 2.24) is 0 Å². The molecular weight excluding hydrogens is 617 g/mol. The fourth-order valence-corrected chi connectivity index (χ4v) is 4.93. The van der Waals surface area contributed by atoms with Gasteiger partial charge in [-0.05, 0) is 39.0 Å². The van der Waals surface area contributed by atoms with Gasteiger partial charge in [0.1, 0.15) is 6.10 Å². The van der Waals surface area contributed by atoms with Gasteiger partial charge < -0.3 is 19.7 Å². The standard InChI is InChI=1S/C21H25F15O5/c1-4-14(17(22,23)24,8-9(2)40-3)13(37)41-12-6-10(15(38,18(25,26)27)19(28,29)30)5-11(7-12)16(39,20(31,32)33)21(34,35)36/h9-12,38-39H,4-8H2,1-3H3. The predicted octanol–water partition coefficient (Wildman–Crippen LogP) is 6.41. The van der Waals surface area contributed by atoms with Crippen LogP contribution in [0.3, 0.4) is 0 Å². The zero-order valence-electron chi connectivity index (χ0n) is 21.1. The summed E-state index contributed by atoms with van der Waals surface area (Å²) < 4.78 is 213. The molecule has 0 saturated heterocycles. The van der Waals surface area contributed by atoms with Crippen molar-refractivity contribution in [2.24, 2.45) is 17.3 Å². The first kappa shape index (κ1) is 37.3. The van der Waals surface area contributed by atoms with Crippen LogP contribution in [0.15, 0.2) is 0 Å². The van der Waals surface area contributed by atoms with E-state index < -0.39 is 110 Å². The number of methoxy groups -OCH3 is 1. The van der Waals surface area contributed by atoms with E-state index in [0.717, 1.165) is 21.0 Å². The Kier molecular flexibility index (Phi) is 10.4. The van der Waals surface area contributed by atoms with Crippen LogP contribution in [0, 0.1) is 17.3 Å². The summed E-state index contributed by atoms with van der Waals surface area (Å²) in [6, 6.07) is 0. The van der Waals surface area contributed by atoms with Crippen LogP contribution >= 0.6 is 0 Å². The van der Waals surface area contributed by atoms with Crippen LogP contribution < -0.4 is 0 Å². The van der Waals surface area contributed by atoms with E-state index in [1.54, 1.807) is 0 Å². The number of halogens is 15. The smallest absolute Gasteiger partial charge is 0.426 e. The normalized spacial score (nSPS) is 24.5. The minimum absolute atomic E-state index is 0.752. The van der Waals surface area contributed by atoms with E-state index in [-0.39, 0.29) is 0 Å². The van der Waals surface area contributed by atoms with Gasteiger partial charge in [-0.1, -0.05) is 6.92 Å². The van der Waals surface area contributed by atoms with Gasteiger partial charge in [-0.3, -0.25) is 4.79 Å². The Balaban J connectivity index is 3.83. The summed E-state index contributed by atoms with van der Waals surface area (Å²) >= 11 is 0. The first-order valence-corrected chi connectivity index (χ1v) is 11.5. The minimum Gasteiger partial charge on any atom is -0.462 e. The van der Waals surface area contributed by atoms with Gasteiger partial charge in [-0.2, -0.15) is 65.9 Å². The fraction of sp³-hybridized carbons (Fsp3) is 0.952. The van der Waals surface area contributed by atoms with E-state index in [2.05, 4.69) is 9.47 Å². The number of alkyl halides is 15. The second kappa shape index (κ2) is 11.4. The second-order valence-electron chi connectivity index (χ2n) is 9.84. The van der Waals surface area contributed by atoms with Crippen LogP contribution in [0.4, 0.5) is 65.9 Å². The van der Waals surface area contributed by atoms with Crippen molar-refractivity contribution in [3.63, 3.8) is 0 Å². The molecule has 0 aromatic carbocycles.